The van der Waals surface area contributed by atoms with Crippen molar-refractivity contribution in [1.29, 1.82) is 0 Å². The number of para-hydroxylation sites is 2. The van der Waals surface area contributed by atoms with E-state index in [-0.39, 0.29) is 18.3 Å². The van der Waals surface area contributed by atoms with Crippen molar-refractivity contribution < 1.29 is 26.4 Å². The lowest BCUT2D eigenvalue weighted by molar-refractivity contribution is -0.0000147. The molecule has 5 rings (SSSR count). The Labute approximate surface area is 197 Å². The normalized spacial score (nSPS) is 15.2. The number of nitrogens with one attached hydrogen (secondary N) is 1. The fourth-order valence-electron chi connectivity index (χ4n) is 4.46. The van der Waals surface area contributed by atoms with Crippen LogP contribution in [0.1, 0.15) is 39.8 Å². The van der Waals surface area contributed by atoms with Gasteiger partial charge in [-0.25, -0.2) is 4.98 Å². The smallest absolute Gasteiger partial charge is 0.258 e. The molecular formula is C25H24ClN2O3S-. The summed E-state index contributed by atoms with van der Waals surface area (Å²) in [5.74, 6) is 1.76. The monoisotopic (exact) mass is 467 g/mol. The van der Waals surface area contributed by atoms with Gasteiger partial charge in [0.25, 0.3) is 5.91 Å². The van der Waals surface area contributed by atoms with Gasteiger partial charge in [0.05, 0.1) is 30.3 Å². The minimum Gasteiger partial charge on any atom is -1.00 e. The van der Waals surface area contributed by atoms with Crippen LogP contribution in [-0.4, -0.2) is 18.0 Å². The number of anilines is 1. The highest BCUT2D eigenvalue weighted by Crippen LogP contribution is 2.44. The number of furan rings is 1. The molecule has 1 atom stereocenters. The predicted molar refractivity (Wildman–Crippen MR) is 124 cm³/mol. The molecule has 3 aromatic heterocycles. The van der Waals surface area contributed by atoms with Gasteiger partial charge in [0.2, 0.25) is 0 Å². The van der Waals surface area contributed by atoms with Crippen LogP contribution >= 0.6 is 11.3 Å². The van der Waals surface area contributed by atoms with Crippen LogP contribution < -0.4 is 22.5 Å². The number of hydrogen-bond donors (Lipinski definition) is 1. The Balaban J connectivity index is 0.00000245. The Morgan fingerprint density at radius 2 is 2.06 bits per heavy atom. The van der Waals surface area contributed by atoms with Gasteiger partial charge in [-0.3, -0.25) is 4.79 Å². The second kappa shape index (κ2) is 8.96. The Morgan fingerprint density at radius 1 is 1.25 bits per heavy atom. The summed E-state index contributed by atoms with van der Waals surface area (Å²) in [6.07, 6.45) is 4.87. The van der Waals surface area contributed by atoms with Crippen molar-refractivity contribution in [3.63, 3.8) is 0 Å². The molecule has 4 aromatic rings. The highest BCUT2D eigenvalue weighted by Gasteiger charge is 2.29. The lowest BCUT2D eigenvalue weighted by Crippen LogP contribution is -3.00. The second-order valence-electron chi connectivity index (χ2n) is 8.11. The lowest BCUT2D eigenvalue weighted by Gasteiger charge is -2.19. The topological polar surface area (TPSA) is 64.4 Å². The standard InChI is InChI=1S/C25H24N2O3S.ClH/c1-14-10-11-16-20(13-14)31-25-22(16)23(19-9-6-12-30-19)21(15(2)26-25)24(28)27-17-7-4-5-8-18(17)29-3;/h4-9,12,14H,10-11,13H2,1-3H3,(H,27,28);1H/p-1. The summed E-state index contributed by atoms with van der Waals surface area (Å²) < 4.78 is 11.2. The number of hydrogen-bond acceptors (Lipinski definition) is 5. The van der Waals surface area contributed by atoms with Gasteiger partial charge in [-0.2, -0.15) is 0 Å². The quantitative estimate of drug-likeness (QED) is 0.500. The number of rotatable bonds is 4. The van der Waals surface area contributed by atoms with Crippen molar-refractivity contribution in [3.05, 3.63) is 64.4 Å². The summed E-state index contributed by atoms with van der Waals surface area (Å²) in [5, 5.41) is 4.09. The zero-order valence-corrected chi connectivity index (χ0v) is 19.8. The average molecular weight is 468 g/mol. The van der Waals surface area contributed by atoms with Crippen molar-refractivity contribution in [2.45, 2.75) is 33.1 Å². The van der Waals surface area contributed by atoms with Gasteiger partial charge in [-0.05, 0) is 61.9 Å². The number of benzene rings is 1. The number of thiophene rings is 1. The zero-order chi connectivity index (χ0) is 21.5. The van der Waals surface area contributed by atoms with Gasteiger partial charge >= 0.3 is 0 Å². The van der Waals surface area contributed by atoms with Gasteiger partial charge in [-0.15, -0.1) is 11.3 Å². The molecule has 7 heteroatoms. The SMILES string of the molecule is COc1ccccc1NC(=O)c1c(C)nc2sc3c(c2c1-c1ccco1)CCC(C)C3.[Cl-]. The average Bonchev–Trinajstić information content (AvgIpc) is 3.40. The molecule has 1 aromatic carbocycles. The number of amides is 1. The number of ether oxygens (including phenoxy) is 1. The van der Waals surface area contributed by atoms with E-state index in [1.807, 2.05) is 43.3 Å². The summed E-state index contributed by atoms with van der Waals surface area (Å²) in [4.78, 5) is 20.8. The minimum absolute atomic E-state index is 0. The van der Waals surface area contributed by atoms with Crippen LogP contribution in [0, 0.1) is 12.8 Å². The van der Waals surface area contributed by atoms with Crippen LogP contribution in [0.15, 0.2) is 47.1 Å². The largest absolute Gasteiger partial charge is 1.00 e. The van der Waals surface area contributed by atoms with E-state index in [0.29, 0.717) is 34.4 Å². The van der Waals surface area contributed by atoms with Crippen LogP contribution in [0.3, 0.4) is 0 Å². The molecule has 1 aliphatic carbocycles. The first-order chi connectivity index (χ1) is 15.1. The number of halogens is 1. The molecule has 0 saturated heterocycles. The molecule has 1 aliphatic rings. The summed E-state index contributed by atoms with van der Waals surface area (Å²) in [7, 11) is 1.59. The maximum absolute atomic E-state index is 13.6. The lowest BCUT2D eigenvalue weighted by atomic mass is 9.87. The van der Waals surface area contributed by atoms with Crippen molar-refractivity contribution >= 4 is 33.1 Å². The molecule has 32 heavy (non-hydrogen) atoms. The first-order valence-electron chi connectivity index (χ1n) is 10.5. The molecule has 0 bridgehead atoms. The van der Waals surface area contributed by atoms with E-state index in [1.165, 1.54) is 10.4 Å². The number of nitrogens with zero attached hydrogens (tertiary/aromatic N) is 1. The van der Waals surface area contributed by atoms with Crippen molar-refractivity contribution in [2.75, 3.05) is 12.4 Å². The maximum atomic E-state index is 13.6. The van der Waals surface area contributed by atoms with Crippen LogP contribution in [0.2, 0.25) is 0 Å². The van der Waals surface area contributed by atoms with Crippen molar-refractivity contribution in [1.82, 2.24) is 4.98 Å². The van der Waals surface area contributed by atoms with Gasteiger partial charge in [0, 0.05) is 15.8 Å². The first kappa shape index (κ1) is 22.4. The number of carbonyl (C=O) groups is 1. The van der Waals surface area contributed by atoms with E-state index in [4.69, 9.17) is 14.1 Å². The molecule has 5 nitrogen and oxygen atoms in total. The number of fused-ring (bicyclic) bond motifs is 3. The molecule has 0 radical (unpaired) electrons. The fraction of sp³-hybridized carbons (Fsp3) is 0.280. The van der Waals surface area contributed by atoms with E-state index in [0.717, 1.165) is 35.0 Å². The van der Waals surface area contributed by atoms with Gasteiger partial charge in [-0.1, -0.05) is 19.1 Å². The molecule has 0 spiro atoms. The Kier molecular flexibility index (Phi) is 6.26. The molecule has 0 saturated carbocycles. The van der Waals surface area contributed by atoms with E-state index in [2.05, 4.69) is 12.2 Å². The van der Waals surface area contributed by atoms with E-state index < -0.39 is 0 Å². The van der Waals surface area contributed by atoms with Crippen LogP contribution in [0.25, 0.3) is 21.5 Å². The van der Waals surface area contributed by atoms with Crippen molar-refractivity contribution in [2.24, 2.45) is 5.92 Å². The van der Waals surface area contributed by atoms with Gasteiger partial charge < -0.3 is 26.9 Å². The Morgan fingerprint density at radius 3 is 2.81 bits per heavy atom. The Bertz CT molecular complexity index is 1280. The summed E-state index contributed by atoms with van der Waals surface area (Å²) in [6, 6.07) is 11.2. The summed E-state index contributed by atoms with van der Waals surface area (Å²) >= 11 is 1.76. The van der Waals surface area contributed by atoms with Crippen LogP contribution in [-0.2, 0) is 12.8 Å². The van der Waals surface area contributed by atoms with Gasteiger partial charge in [0.1, 0.15) is 16.3 Å². The Hall–Kier alpha value is -2.83. The van der Waals surface area contributed by atoms with E-state index in [1.54, 1.807) is 24.7 Å². The number of carbonyl (C=O) groups excluding carboxylic acids is 1. The third kappa shape index (κ3) is 3.78. The third-order valence-corrected chi connectivity index (χ3v) is 7.12. The van der Waals surface area contributed by atoms with Crippen molar-refractivity contribution in [3.8, 4) is 17.1 Å². The molecule has 1 amide bonds. The highest BCUT2D eigenvalue weighted by atomic mass is 35.5. The molecule has 0 aliphatic heterocycles. The van der Waals surface area contributed by atoms with E-state index in [9.17, 15) is 4.79 Å². The van der Waals surface area contributed by atoms with E-state index >= 15 is 0 Å². The number of aromatic nitrogens is 1. The second-order valence-corrected chi connectivity index (χ2v) is 9.19. The first-order valence-corrected chi connectivity index (χ1v) is 11.3. The highest BCUT2D eigenvalue weighted by molar-refractivity contribution is 7.19. The zero-order valence-electron chi connectivity index (χ0n) is 18.2. The fourth-order valence-corrected chi connectivity index (χ4v) is 5.90. The molecule has 3 heterocycles. The number of methoxy groups -OCH3 is 1. The molecule has 0 fully saturated rings. The minimum atomic E-state index is -0.216. The van der Waals surface area contributed by atoms with Gasteiger partial charge in [0.15, 0.2) is 0 Å². The molecule has 1 unspecified atom stereocenters. The summed E-state index contributed by atoms with van der Waals surface area (Å²) in [5.41, 5.74) is 4.03. The summed E-state index contributed by atoms with van der Waals surface area (Å²) in [6.45, 7) is 4.19. The molecule has 1 N–H and O–H groups in total. The predicted octanol–water partition coefficient (Wildman–Crippen LogP) is 3.25. The number of aryl methyl sites for hydroxylation is 2. The molecular weight excluding hydrogens is 444 g/mol. The molecule has 166 valence electrons. The third-order valence-electron chi connectivity index (χ3n) is 5.97. The maximum Gasteiger partial charge on any atom is 0.258 e. The van der Waals surface area contributed by atoms with Crippen LogP contribution in [0.5, 0.6) is 5.75 Å². The number of pyridine rings is 1. The van der Waals surface area contributed by atoms with Crippen LogP contribution in [0.4, 0.5) is 5.69 Å².